The van der Waals surface area contributed by atoms with E-state index in [4.69, 9.17) is 4.98 Å². The van der Waals surface area contributed by atoms with Gasteiger partial charge in [0.2, 0.25) is 0 Å². The van der Waals surface area contributed by atoms with Crippen LogP contribution in [0.15, 0.2) is 77.9 Å². The maximum atomic E-state index is 9.52. The van der Waals surface area contributed by atoms with Gasteiger partial charge in [0.1, 0.15) is 5.75 Å². The maximum absolute atomic E-state index is 9.52. The van der Waals surface area contributed by atoms with Crippen LogP contribution in [-0.4, -0.2) is 16.3 Å². The maximum Gasteiger partial charge on any atom is 0.116 e. The number of aromatic hydroxyl groups is 1. The van der Waals surface area contributed by atoms with E-state index in [1.54, 1.807) is 24.4 Å². The number of hydrazone groups is 1. The van der Waals surface area contributed by atoms with Crippen LogP contribution in [0.1, 0.15) is 5.56 Å². The Morgan fingerprint density at radius 3 is 2.17 bits per heavy atom. The number of anilines is 1. The average molecular weight is 313 g/mol. The highest BCUT2D eigenvalue weighted by molar-refractivity contribution is 6.07. The summed E-state index contributed by atoms with van der Waals surface area (Å²) in [6.07, 6.45) is 1.68. The van der Waals surface area contributed by atoms with Gasteiger partial charge in [-0.2, -0.15) is 5.10 Å². The predicted octanol–water partition coefficient (Wildman–Crippen LogP) is 4.54. The van der Waals surface area contributed by atoms with Gasteiger partial charge in [-0.25, -0.2) is 4.98 Å². The monoisotopic (exact) mass is 313 g/mol. The molecule has 0 unspecified atom stereocenters. The molecule has 4 nitrogen and oxygen atoms in total. The van der Waals surface area contributed by atoms with Crippen molar-refractivity contribution in [2.75, 3.05) is 5.43 Å². The predicted molar refractivity (Wildman–Crippen MR) is 98.6 cm³/mol. The van der Waals surface area contributed by atoms with E-state index in [-0.39, 0.29) is 5.75 Å². The molecule has 0 radical (unpaired) electrons. The Bertz CT molecular complexity index is 1000. The molecule has 24 heavy (non-hydrogen) atoms. The van der Waals surface area contributed by atoms with Crippen LogP contribution in [0.5, 0.6) is 5.75 Å². The van der Waals surface area contributed by atoms with Gasteiger partial charge in [-0.05, 0) is 29.8 Å². The second-order valence-electron chi connectivity index (χ2n) is 5.49. The molecular formula is C20H15N3O. The van der Waals surface area contributed by atoms with Gasteiger partial charge in [0, 0.05) is 10.8 Å². The van der Waals surface area contributed by atoms with E-state index in [1.165, 1.54) is 0 Å². The third-order valence-corrected chi connectivity index (χ3v) is 3.85. The Balaban J connectivity index is 1.79. The number of rotatable bonds is 3. The van der Waals surface area contributed by atoms with Crippen LogP contribution in [-0.2, 0) is 0 Å². The van der Waals surface area contributed by atoms with E-state index in [0.717, 1.165) is 33.1 Å². The normalized spacial score (nSPS) is 11.3. The summed E-state index contributed by atoms with van der Waals surface area (Å²) in [4.78, 5) is 4.69. The first-order valence-electron chi connectivity index (χ1n) is 7.67. The van der Waals surface area contributed by atoms with Gasteiger partial charge in [-0.1, -0.05) is 48.5 Å². The summed E-state index contributed by atoms with van der Waals surface area (Å²) >= 11 is 0. The highest BCUT2D eigenvalue weighted by Crippen LogP contribution is 2.30. The van der Waals surface area contributed by atoms with E-state index in [0.29, 0.717) is 0 Å². The van der Waals surface area contributed by atoms with Crippen molar-refractivity contribution in [3.05, 3.63) is 78.4 Å². The molecule has 3 aromatic carbocycles. The molecule has 1 aromatic heterocycles. The Morgan fingerprint density at radius 1 is 0.833 bits per heavy atom. The summed E-state index contributed by atoms with van der Waals surface area (Å²) < 4.78 is 0. The lowest BCUT2D eigenvalue weighted by atomic mass is 10.1. The van der Waals surface area contributed by atoms with Gasteiger partial charge in [0.05, 0.1) is 22.9 Å². The molecule has 1 heterocycles. The lowest BCUT2D eigenvalue weighted by molar-refractivity contribution is 0.475. The first-order valence-corrected chi connectivity index (χ1v) is 7.67. The molecule has 0 spiro atoms. The number of phenolic OH excluding ortho intramolecular Hbond substituents is 1. The van der Waals surface area contributed by atoms with Crippen molar-refractivity contribution >= 4 is 33.7 Å². The van der Waals surface area contributed by atoms with Crippen molar-refractivity contribution in [3.63, 3.8) is 0 Å². The zero-order valence-electron chi connectivity index (χ0n) is 12.8. The number of hydrogen-bond donors (Lipinski definition) is 2. The molecule has 0 saturated heterocycles. The third kappa shape index (κ3) is 2.65. The second-order valence-corrected chi connectivity index (χ2v) is 5.49. The van der Waals surface area contributed by atoms with Gasteiger partial charge in [-0.15, -0.1) is 0 Å². The van der Waals surface area contributed by atoms with Gasteiger partial charge >= 0.3 is 0 Å². The molecule has 0 saturated carbocycles. The van der Waals surface area contributed by atoms with Crippen molar-refractivity contribution in [1.82, 2.24) is 4.98 Å². The first-order chi connectivity index (χ1) is 11.8. The number of fused-ring (bicyclic) bond motifs is 2. The SMILES string of the molecule is Oc1cccc(/C=N/Nc2c3ccccc3nc3ccccc23)c1. The molecule has 2 N–H and O–H groups in total. The number of nitrogens with zero attached hydrogens (tertiary/aromatic N) is 2. The Hall–Kier alpha value is -3.40. The number of para-hydroxylation sites is 2. The molecule has 4 rings (SSSR count). The summed E-state index contributed by atoms with van der Waals surface area (Å²) in [6, 6.07) is 22.9. The Labute approximate surface area is 139 Å². The smallest absolute Gasteiger partial charge is 0.116 e. The van der Waals surface area contributed by atoms with E-state index in [9.17, 15) is 5.11 Å². The van der Waals surface area contributed by atoms with E-state index in [2.05, 4.69) is 10.5 Å². The van der Waals surface area contributed by atoms with Crippen molar-refractivity contribution in [1.29, 1.82) is 0 Å². The molecule has 0 fully saturated rings. The molecule has 116 valence electrons. The average Bonchev–Trinajstić information content (AvgIpc) is 2.61. The third-order valence-electron chi connectivity index (χ3n) is 3.85. The van der Waals surface area contributed by atoms with Gasteiger partial charge in [-0.3, -0.25) is 5.43 Å². The zero-order chi connectivity index (χ0) is 16.4. The van der Waals surface area contributed by atoms with Crippen LogP contribution in [0, 0.1) is 0 Å². The standard InChI is InChI=1S/C20H15N3O/c24-15-7-5-6-14(12-15)13-21-23-20-16-8-1-3-10-18(16)22-19-11-4-2-9-17(19)20/h1-13,24H,(H,22,23)/b21-13+. The van der Waals surface area contributed by atoms with Crippen molar-refractivity contribution in [2.45, 2.75) is 0 Å². The van der Waals surface area contributed by atoms with Gasteiger partial charge < -0.3 is 5.11 Å². The summed E-state index contributed by atoms with van der Waals surface area (Å²) in [5.41, 5.74) is 6.74. The van der Waals surface area contributed by atoms with Gasteiger partial charge in [0.15, 0.2) is 0 Å². The number of aromatic nitrogens is 1. The van der Waals surface area contributed by atoms with Crippen molar-refractivity contribution in [3.8, 4) is 5.75 Å². The molecule has 0 amide bonds. The van der Waals surface area contributed by atoms with Crippen LogP contribution in [0.4, 0.5) is 5.69 Å². The number of nitrogens with one attached hydrogen (secondary N) is 1. The summed E-state index contributed by atoms with van der Waals surface area (Å²) in [7, 11) is 0. The highest BCUT2D eigenvalue weighted by atomic mass is 16.3. The summed E-state index contributed by atoms with van der Waals surface area (Å²) in [5.74, 6) is 0.221. The molecule has 0 atom stereocenters. The highest BCUT2D eigenvalue weighted by Gasteiger charge is 2.07. The van der Waals surface area contributed by atoms with Crippen LogP contribution in [0.3, 0.4) is 0 Å². The summed E-state index contributed by atoms with van der Waals surface area (Å²) in [5, 5.41) is 15.9. The lowest BCUT2D eigenvalue weighted by Crippen LogP contribution is -1.95. The Morgan fingerprint density at radius 2 is 1.50 bits per heavy atom. The van der Waals surface area contributed by atoms with E-state index in [1.807, 2.05) is 54.6 Å². The quantitative estimate of drug-likeness (QED) is 0.332. The van der Waals surface area contributed by atoms with Crippen LogP contribution >= 0.6 is 0 Å². The molecular weight excluding hydrogens is 298 g/mol. The van der Waals surface area contributed by atoms with Crippen molar-refractivity contribution < 1.29 is 5.11 Å². The van der Waals surface area contributed by atoms with E-state index < -0.39 is 0 Å². The minimum atomic E-state index is 0.221. The topological polar surface area (TPSA) is 57.5 Å². The fourth-order valence-corrected chi connectivity index (χ4v) is 2.74. The Kier molecular flexibility index (Phi) is 3.56. The van der Waals surface area contributed by atoms with Crippen molar-refractivity contribution in [2.24, 2.45) is 5.10 Å². The number of hydrogen-bond acceptors (Lipinski definition) is 4. The molecule has 4 heteroatoms. The van der Waals surface area contributed by atoms with E-state index >= 15 is 0 Å². The summed E-state index contributed by atoms with van der Waals surface area (Å²) in [6.45, 7) is 0. The minimum Gasteiger partial charge on any atom is -0.508 e. The number of phenols is 1. The van der Waals surface area contributed by atoms with Crippen LogP contribution < -0.4 is 5.43 Å². The largest absolute Gasteiger partial charge is 0.508 e. The first kappa shape index (κ1) is 14.2. The number of pyridine rings is 1. The number of benzene rings is 3. The molecule has 0 bridgehead atoms. The lowest BCUT2D eigenvalue weighted by Gasteiger charge is -2.09. The fourth-order valence-electron chi connectivity index (χ4n) is 2.74. The molecule has 4 aromatic rings. The van der Waals surface area contributed by atoms with Crippen LogP contribution in [0.2, 0.25) is 0 Å². The fraction of sp³-hybridized carbons (Fsp3) is 0. The van der Waals surface area contributed by atoms with Gasteiger partial charge in [0.25, 0.3) is 0 Å². The molecule has 0 aliphatic carbocycles. The second kappa shape index (κ2) is 6.01. The van der Waals surface area contributed by atoms with Crippen LogP contribution in [0.25, 0.3) is 21.8 Å². The zero-order valence-corrected chi connectivity index (χ0v) is 12.8. The molecule has 0 aliphatic heterocycles. The molecule has 0 aliphatic rings. The minimum absolute atomic E-state index is 0.221.